The lowest BCUT2D eigenvalue weighted by atomic mass is 9.83. The molecule has 0 radical (unpaired) electrons. The maximum atomic E-state index is 12.6. The van der Waals surface area contributed by atoms with Crippen LogP contribution < -0.4 is 33.2 Å². The number of methoxy groups -OCH3 is 1. The number of benzene rings is 7. The van der Waals surface area contributed by atoms with Crippen LogP contribution in [0, 0.1) is 0 Å². The van der Waals surface area contributed by atoms with E-state index in [0.29, 0.717) is 95.7 Å². The first-order chi connectivity index (χ1) is 59.9. The molecule has 0 atom stereocenters. The molecule has 6 N–H and O–H groups in total. The molecule has 10 aromatic rings. The number of unbranched alkanes of at least 4 members (excludes halogenated alkanes) is 1. The van der Waals surface area contributed by atoms with E-state index < -0.39 is 17.9 Å². The number of esters is 2. The van der Waals surface area contributed by atoms with Gasteiger partial charge < -0.3 is 77.3 Å². The van der Waals surface area contributed by atoms with Crippen LogP contribution in [0.1, 0.15) is 225 Å². The van der Waals surface area contributed by atoms with Crippen molar-refractivity contribution in [1.82, 2.24) is 45.8 Å². The second-order valence-corrected chi connectivity index (χ2v) is 29.6. The summed E-state index contributed by atoms with van der Waals surface area (Å²) >= 11 is 0. The molecule has 3 aliphatic carbocycles. The monoisotopic (exact) mass is 1680 g/mol. The van der Waals surface area contributed by atoms with E-state index in [4.69, 9.17) is 77.3 Å². The van der Waals surface area contributed by atoms with Crippen molar-refractivity contribution in [3.63, 3.8) is 0 Å². The molecule has 0 bridgehead atoms. The zero-order valence-electron chi connectivity index (χ0n) is 70.7. The molecule has 13 rings (SSSR count). The molecule has 0 spiro atoms. The third kappa shape index (κ3) is 33.3. The lowest BCUT2D eigenvalue weighted by Crippen LogP contribution is -2.25. The van der Waals surface area contributed by atoms with Crippen molar-refractivity contribution in [2.24, 2.45) is 0 Å². The highest BCUT2D eigenvalue weighted by atomic mass is 16.6. The zero-order valence-corrected chi connectivity index (χ0v) is 70.7. The Morgan fingerprint density at radius 1 is 0.402 bits per heavy atom. The van der Waals surface area contributed by atoms with Crippen LogP contribution in [0.25, 0.3) is 0 Å². The molecule has 3 saturated carbocycles. The minimum Gasteiger partial charge on any atom is -0.497 e. The summed E-state index contributed by atoms with van der Waals surface area (Å²) in [7, 11) is 1.63. The van der Waals surface area contributed by atoms with Gasteiger partial charge in [0.1, 0.15) is 41.3 Å². The highest BCUT2D eigenvalue weighted by Gasteiger charge is 2.32. The molecule has 0 amide bonds. The van der Waals surface area contributed by atoms with Gasteiger partial charge in [0.25, 0.3) is 11.8 Å². The van der Waals surface area contributed by atoms with Crippen LogP contribution in [0.2, 0.25) is 0 Å². The topological polar surface area (TPSA) is 357 Å². The van der Waals surface area contributed by atoms with Gasteiger partial charge in [0, 0.05) is 52.3 Å². The number of H-pyrrole nitrogens is 2. The molecule has 3 aliphatic rings. The average Bonchev–Trinajstić information content (AvgIpc) is 1.63. The molecule has 3 fully saturated rings. The molecule has 0 aliphatic heterocycles. The lowest BCUT2D eigenvalue weighted by Gasteiger charge is -2.29. The second-order valence-electron chi connectivity index (χ2n) is 29.6. The number of carbonyl (C=O) groups is 3. The van der Waals surface area contributed by atoms with Crippen molar-refractivity contribution in [2.45, 2.75) is 199 Å². The van der Waals surface area contributed by atoms with Crippen molar-refractivity contribution in [1.29, 1.82) is 0 Å². The van der Waals surface area contributed by atoms with E-state index in [9.17, 15) is 14.4 Å². The molecule has 656 valence electrons. The van der Waals surface area contributed by atoms with E-state index in [0.717, 1.165) is 132 Å². The van der Waals surface area contributed by atoms with Crippen LogP contribution in [0.3, 0.4) is 0 Å². The number of nitrogens with zero attached hydrogens (tertiary/aromatic N) is 7. The first-order valence-corrected chi connectivity index (χ1v) is 42.7. The Morgan fingerprint density at radius 2 is 0.770 bits per heavy atom. The maximum absolute atomic E-state index is 12.6. The number of hydrogen-bond donors (Lipinski definition) is 6. The molecule has 122 heavy (non-hydrogen) atoms. The number of nitrogens with one attached hydrogen (secondary N) is 2. The summed E-state index contributed by atoms with van der Waals surface area (Å²) in [4.78, 5) is 35.6. The summed E-state index contributed by atoms with van der Waals surface area (Å²) in [5.41, 5.74) is 8.64. The van der Waals surface area contributed by atoms with Gasteiger partial charge in [0.15, 0.2) is 0 Å². The van der Waals surface area contributed by atoms with Gasteiger partial charge in [0.2, 0.25) is 23.0 Å². The van der Waals surface area contributed by atoms with Gasteiger partial charge in [-0.25, -0.2) is 29.3 Å². The Balaban J connectivity index is 0.000000188. The molecular formula is C94H121N9O19. The van der Waals surface area contributed by atoms with Gasteiger partial charge >= 0.3 is 17.9 Å². The predicted molar refractivity (Wildman–Crippen MR) is 459 cm³/mol. The number of carbonyl (C=O) groups excluding carboxylic acids is 2. The number of aliphatic hydroxyl groups is 3. The molecule has 7 aromatic carbocycles. The Kier molecular flexibility index (Phi) is 42.6. The SMILES string of the molecule is CCCCOCc1ccccc1.CCOC(=O)c1[nH]nnc1OC1CCC(c2ccc(OCCCO)cc2)CC1.CCOC(=O)c1nnn(Cc2ccc(OC)cc2)c1OC1CCC(c2ccc(OCCCOCc3ccccc3)cc2)CC1.O=C(O)c1[nH]nnc1OC1CCC(c2ccc(OCCCO)cc2)CC1.OCCCOCc1ccccc1. The molecular weight excluding hydrogens is 1560 g/mol. The van der Waals surface area contributed by atoms with Crippen molar-refractivity contribution in [3.8, 4) is 40.6 Å². The van der Waals surface area contributed by atoms with Gasteiger partial charge in [-0.2, -0.15) is 0 Å². The number of aromatic nitrogens is 9. The summed E-state index contributed by atoms with van der Waals surface area (Å²) < 4.78 is 68.7. The fourth-order valence-corrected chi connectivity index (χ4v) is 13.9. The van der Waals surface area contributed by atoms with Crippen molar-refractivity contribution in [2.75, 3.05) is 79.8 Å². The zero-order chi connectivity index (χ0) is 86.0. The second kappa shape index (κ2) is 54.9. The number of carboxylic acids is 1. The van der Waals surface area contributed by atoms with Gasteiger partial charge in [-0.15, -0.1) is 5.10 Å². The van der Waals surface area contributed by atoms with Crippen LogP contribution in [0.4, 0.5) is 0 Å². The average molecular weight is 1680 g/mol. The lowest BCUT2D eigenvalue weighted by molar-refractivity contribution is 0.0497. The van der Waals surface area contributed by atoms with Crippen molar-refractivity contribution < 1.29 is 91.7 Å². The Hall–Kier alpha value is -11.3. The summed E-state index contributed by atoms with van der Waals surface area (Å²) in [5, 5.41) is 63.1. The Bertz CT molecular complexity index is 4410. The third-order valence-corrected chi connectivity index (χ3v) is 20.6. The van der Waals surface area contributed by atoms with E-state index in [1.807, 2.05) is 115 Å². The molecule has 28 nitrogen and oxygen atoms in total. The van der Waals surface area contributed by atoms with Crippen molar-refractivity contribution >= 4 is 17.9 Å². The number of aromatic carboxylic acids is 1. The van der Waals surface area contributed by atoms with E-state index in [1.165, 1.54) is 39.8 Å². The predicted octanol–water partition coefficient (Wildman–Crippen LogP) is 16.4. The van der Waals surface area contributed by atoms with Gasteiger partial charge in [-0.05, 0) is 209 Å². The maximum Gasteiger partial charge on any atom is 0.364 e. The summed E-state index contributed by atoms with van der Waals surface area (Å²) in [5.74, 6) is 3.14. The van der Waals surface area contributed by atoms with Crippen LogP contribution in [-0.2, 0) is 50.0 Å². The summed E-state index contributed by atoms with van der Waals surface area (Å²) in [6.07, 6.45) is 16.2. The highest BCUT2D eigenvalue weighted by Crippen LogP contribution is 2.39. The fourth-order valence-electron chi connectivity index (χ4n) is 13.9. The minimum atomic E-state index is -1.13. The van der Waals surface area contributed by atoms with Crippen LogP contribution in [-0.4, -0.2) is 182 Å². The van der Waals surface area contributed by atoms with Gasteiger partial charge in [0.05, 0.1) is 73.1 Å². The standard InChI is InChI=1S/C35H41N3O6.C20H27N3O5.C18H23N3O5.C11H16O.C10H14O2/c1-3-42-35(39)33-34(38(37-36-33)24-26-10-16-30(40-2)17-11-26)44-32-20-14-29(15-21-32)28-12-18-31(19-13-28)43-23-7-22-41-25-27-8-5-4-6-9-27;1-2-26-20(25)18-19(22-23-21-18)28-17-10-6-15(7-11-17)14-4-8-16(9-5-14)27-13-3-12-24;22-10-1-11-25-14-6-2-12(3-7-14)13-4-8-15(9-5-13)26-17-16(18(23)24)19-21-20-17;1-2-3-9-12-10-11-7-5-4-6-8-11;11-7-4-8-12-9-10-5-2-1-3-6-10/h4-6,8-13,16-19,29,32H,3,7,14-15,20-25H2,1-2H3;4-5,8-9,15,17,24H,2-3,6-7,10-13H2,1H3,(H,21,22,23);2-3,6-7,13,15,22H,1,4-5,8-11H2,(H,23,24)(H,19,20,21);4-8H,2-3,9-10H2,1H3;1-3,5-6,11H,4,7-9H2. The summed E-state index contributed by atoms with van der Waals surface area (Å²) in [6, 6.07) is 62.9. The largest absolute Gasteiger partial charge is 0.497 e. The first kappa shape index (κ1) is 94.6. The van der Waals surface area contributed by atoms with Crippen LogP contribution in [0.15, 0.2) is 188 Å². The quantitative estimate of drug-likeness (QED) is 0.0153. The smallest absolute Gasteiger partial charge is 0.364 e. The molecule has 28 heteroatoms. The Labute approximate surface area is 715 Å². The number of carboxylic acid groups (broad SMARTS) is 1. The van der Waals surface area contributed by atoms with E-state index in [1.54, 1.807) is 25.6 Å². The summed E-state index contributed by atoms with van der Waals surface area (Å²) in [6.45, 7) is 13.0. The fraction of sp³-hybridized carbons (Fsp3) is 0.457. The number of aliphatic hydroxyl groups excluding tert-OH is 3. The highest BCUT2D eigenvalue weighted by molar-refractivity contribution is 5.90. The van der Waals surface area contributed by atoms with Gasteiger partial charge in [-0.3, -0.25) is 0 Å². The molecule has 0 saturated heterocycles. The third-order valence-electron chi connectivity index (χ3n) is 20.6. The first-order valence-electron chi connectivity index (χ1n) is 42.7. The van der Waals surface area contributed by atoms with E-state index in [2.05, 4.69) is 121 Å². The number of aromatic amines is 2. The number of ether oxygens (including phenoxy) is 12. The van der Waals surface area contributed by atoms with Crippen molar-refractivity contribution in [3.05, 3.63) is 244 Å². The molecule has 0 unspecified atom stereocenters. The normalized spacial score (nSPS) is 16.5. The van der Waals surface area contributed by atoms with Gasteiger partial charge in [-0.1, -0.05) is 179 Å². The van der Waals surface area contributed by atoms with E-state index >= 15 is 0 Å². The Morgan fingerprint density at radius 3 is 1.17 bits per heavy atom. The van der Waals surface area contributed by atoms with E-state index in [-0.39, 0.29) is 80.2 Å². The molecule has 3 heterocycles. The van der Waals surface area contributed by atoms with Crippen LogP contribution >= 0.6 is 0 Å². The molecule has 3 aromatic heterocycles. The number of hydrogen-bond acceptors (Lipinski definition) is 24. The van der Waals surface area contributed by atoms with Crippen LogP contribution in [0.5, 0.6) is 40.6 Å². The minimum absolute atomic E-state index is 0.00983. The number of rotatable bonds is 42.